The Morgan fingerprint density at radius 3 is 2.43 bits per heavy atom. The SMILES string of the molecule is C/C=C(F)/C=C/CCCCCCCO. The Kier molecular flexibility index (Phi) is 9.98. The van der Waals surface area contributed by atoms with Crippen molar-refractivity contribution in [3.8, 4) is 0 Å². The van der Waals surface area contributed by atoms with E-state index in [9.17, 15) is 4.39 Å². The highest BCUT2D eigenvalue weighted by Gasteiger charge is 1.88. The third kappa shape index (κ3) is 9.46. The Morgan fingerprint density at radius 1 is 1.14 bits per heavy atom. The van der Waals surface area contributed by atoms with Gasteiger partial charge in [0.05, 0.1) is 0 Å². The second-order valence-corrected chi connectivity index (χ2v) is 3.36. The maximum Gasteiger partial charge on any atom is 0.118 e. The quantitative estimate of drug-likeness (QED) is 0.467. The van der Waals surface area contributed by atoms with Crippen molar-refractivity contribution in [2.45, 2.75) is 45.4 Å². The van der Waals surface area contributed by atoms with Gasteiger partial charge in [-0.3, -0.25) is 0 Å². The van der Waals surface area contributed by atoms with Crippen LogP contribution in [-0.4, -0.2) is 11.7 Å². The molecule has 0 aromatic rings. The molecule has 1 nitrogen and oxygen atoms in total. The fraction of sp³-hybridized carbons (Fsp3) is 0.667. The van der Waals surface area contributed by atoms with Crippen molar-refractivity contribution in [2.24, 2.45) is 0 Å². The molecule has 0 amide bonds. The van der Waals surface area contributed by atoms with E-state index in [1.165, 1.54) is 25.0 Å². The fourth-order valence-corrected chi connectivity index (χ4v) is 1.20. The van der Waals surface area contributed by atoms with Gasteiger partial charge < -0.3 is 5.11 Å². The number of allylic oxidation sites excluding steroid dienone is 4. The summed E-state index contributed by atoms with van der Waals surface area (Å²) in [6.45, 7) is 1.99. The first kappa shape index (κ1) is 13.4. The Bertz CT molecular complexity index is 173. The molecule has 0 aliphatic heterocycles. The van der Waals surface area contributed by atoms with Gasteiger partial charge in [0.2, 0.25) is 0 Å². The molecule has 0 saturated carbocycles. The Labute approximate surface area is 86.3 Å². The average molecular weight is 200 g/mol. The monoisotopic (exact) mass is 200 g/mol. The van der Waals surface area contributed by atoms with Crippen LogP contribution in [0.15, 0.2) is 24.1 Å². The predicted molar refractivity (Wildman–Crippen MR) is 58.8 cm³/mol. The zero-order chi connectivity index (χ0) is 10.6. The van der Waals surface area contributed by atoms with Crippen LogP contribution in [0.2, 0.25) is 0 Å². The van der Waals surface area contributed by atoms with Crippen molar-refractivity contribution in [3.63, 3.8) is 0 Å². The number of unbranched alkanes of at least 4 members (excludes halogenated alkanes) is 5. The molecule has 0 unspecified atom stereocenters. The van der Waals surface area contributed by atoms with Crippen LogP contribution < -0.4 is 0 Å². The van der Waals surface area contributed by atoms with Crippen LogP contribution in [0, 0.1) is 0 Å². The zero-order valence-corrected chi connectivity index (χ0v) is 9.01. The standard InChI is InChI=1S/C12H21FO/c1-2-12(13)10-8-6-4-3-5-7-9-11-14/h2,8,10,14H,3-7,9,11H2,1H3/b10-8+,12-2-. The first-order chi connectivity index (χ1) is 6.81. The smallest absolute Gasteiger partial charge is 0.118 e. The molecule has 0 fully saturated rings. The summed E-state index contributed by atoms with van der Waals surface area (Å²) in [5.41, 5.74) is 0. The number of halogens is 1. The molecular formula is C12H21FO. The molecule has 14 heavy (non-hydrogen) atoms. The van der Waals surface area contributed by atoms with Crippen molar-refractivity contribution in [2.75, 3.05) is 6.61 Å². The molecule has 0 aromatic carbocycles. The minimum Gasteiger partial charge on any atom is -0.396 e. The minimum atomic E-state index is -0.162. The normalized spacial score (nSPS) is 12.6. The van der Waals surface area contributed by atoms with Crippen LogP contribution in [0.25, 0.3) is 0 Å². The summed E-state index contributed by atoms with van der Waals surface area (Å²) in [5.74, 6) is -0.162. The van der Waals surface area contributed by atoms with E-state index in [4.69, 9.17) is 5.11 Å². The molecule has 0 aliphatic carbocycles. The zero-order valence-electron chi connectivity index (χ0n) is 9.01. The lowest BCUT2D eigenvalue weighted by Crippen LogP contribution is -1.83. The lowest BCUT2D eigenvalue weighted by molar-refractivity contribution is 0.282. The van der Waals surface area contributed by atoms with E-state index in [0.717, 1.165) is 25.7 Å². The fourth-order valence-electron chi connectivity index (χ4n) is 1.20. The van der Waals surface area contributed by atoms with E-state index in [-0.39, 0.29) is 5.83 Å². The topological polar surface area (TPSA) is 20.2 Å². The molecule has 0 saturated heterocycles. The summed E-state index contributed by atoms with van der Waals surface area (Å²) in [6.07, 6.45) is 11.3. The second-order valence-electron chi connectivity index (χ2n) is 3.36. The number of hydrogen-bond acceptors (Lipinski definition) is 1. The van der Waals surface area contributed by atoms with Crippen LogP contribution >= 0.6 is 0 Å². The van der Waals surface area contributed by atoms with E-state index < -0.39 is 0 Å². The Balaban J connectivity index is 3.17. The number of rotatable bonds is 8. The van der Waals surface area contributed by atoms with Crippen molar-refractivity contribution in [3.05, 3.63) is 24.1 Å². The summed E-state index contributed by atoms with van der Waals surface area (Å²) in [5, 5.41) is 8.54. The van der Waals surface area contributed by atoms with Gasteiger partial charge in [-0.2, -0.15) is 0 Å². The Hall–Kier alpha value is -0.630. The second kappa shape index (κ2) is 10.5. The Morgan fingerprint density at radius 2 is 1.79 bits per heavy atom. The molecule has 0 rings (SSSR count). The van der Waals surface area contributed by atoms with Crippen molar-refractivity contribution >= 4 is 0 Å². The molecular weight excluding hydrogens is 179 g/mol. The largest absolute Gasteiger partial charge is 0.396 e. The molecule has 0 aromatic heterocycles. The van der Waals surface area contributed by atoms with Crippen molar-refractivity contribution in [1.29, 1.82) is 0 Å². The molecule has 1 N–H and O–H groups in total. The van der Waals surface area contributed by atoms with Crippen LogP contribution in [0.3, 0.4) is 0 Å². The number of hydrogen-bond donors (Lipinski definition) is 1. The molecule has 0 aliphatic rings. The minimum absolute atomic E-state index is 0.162. The predicted octanol–water partition coefficient (Wildman–Crippen LogP) is 3.75. The van der Waals surface area contributed by atoms with E-state index in [2.05, 4.69) is 0 Å². The van der Waals surface area contributed by atoms with Gasteiger partial charge in [-0.1, -0.05) is 31.4 Å². The third-order valence-corrected chi connectivity index (χ3v) is 2.08. The van der Waals surface area contributed by atoms with Crippen LogP contribution in [0.1, 0.15) is 45.4 Å². The molecule has 82 valence electrons. The van der Waals surface area contributed by atoms with Crippen LogP contribution in [-0.2, 0) is 0 Å². The van der Waals surface area contributed by atoms with Gasteiger partial charge in [-0.05, 0) is 32.3 Å². The summed E-state index contributed by atoms with van der Waals surface area (Å²) in [7, 11) is 0. The lowest BCUT2D eigenvalue weighted by Gasteiger charge is -1.97. The lowest BCUT2D eigenvalue weighted by atomic mass is 10.1. The first-order valence-corrected chi connectivity index (χ1v) is 5.40. The van der Waals surface area contributed by atoms with Gasteiger partial charge in [0.15, 0.2) is 0 Å². The third-order valence-electron chi connectivity index (χ3n) is 2.08. The first-order valence-electron chi connectivity index (χ1n) is 5.40. The highest BCUT2D eigenvalue weighted by molar-refractivity contribution is 5.09. The maximum absolute atomic E-state index is 12.6. The van der Waals surface area contributed by atoms with Gasteiger partial charge in [0.25, 0.3) is 0 Å². The van der Waals surface area contributed by atoms with E-state index in [0.29, 0.717) is 6.61 Å². The van der Waals surface area contributed by atoms with Gasteiger partial charge in [-0.15, -0.1) is 0 Å². The van der Waals surface area contributed by atoms with Gasteiger partial charge in [-0.25, -0.2) is 4.39 Å². The van der Waals surface area contributed by atoms with E-state index >= 15 is 0 Å². The van der Waals surface area contributed by atoms with Crippen molar-refractivity contribution in [1.82, 2.24) is 0 Å². The highest BCUT2D eigenvalue weighted by atomic mass is 19.1. The maximum atomic E-state index is 12.6. The van der Waals surface area contributed by atoms with Crippen LogP contribution in [0.5, 0.6) is 0 Å². The molecule has 2 heteroatoms. The summed E-state index contributed by atoms with van der Waals surface area (Å²) < 4.78 is 12.6. The summed E-state index contributed by atoms with van der Waals surface area (Å²) in [4.78, 5) is 0. The van der Waals surface area contributed by atoms with Gasteiger partial charge in [0, 0.05) is 6.61 Å². The highest BCUT2D eigenvalue weighted by Crippen LogP contribution is 2.06. The molecule has 0 bridgehead atoms. The average Bonchev–Trinajstić information content (AvgIpc) is 2.21. The van der Waals surface area contributed by atoms with Gasteiger partial charge in [0.1, 0.15) is 5.83 Å². The van der Waals surface area contributed by atoms with Crippen molar-refractivity contribution < 1.29 is 9.50 Å². The van der Waals surface area contributed by atoms with E-state index in [1.54, 1.807) is 6.92 Å². The molecule has 0 spiro atoms. The molecule has 0 atom stereocenters. The van der Waals surface area contributed by atoms with Gasteiger partial charge >= 0.3 is 0 Å². The summed E-state index contributed by atoms with van der Waals surface area (Å²) in [6, 6.07) is 0. The number of aliphatic hydroxyl groups is 1. The molecule has 0 heterocycles. The van der Waals surface area contributed by atoms with E-state index in [1.807, 2.05) is 6.08 Å². The number of aliphatic hydroxyl groups excluding tert-OH is 1. The summed E-state index contributed by atoms with van der Waals surface area (Å²) >= 11 is 0. The van der Waals surface area contributed by atoms with Crippen LogP contribution in [0.4, 0.5) is 4.39 Å². The molecule has 0 radical (unpaired) electrons.